The number of nitrogens with one attached hydrogen (secondary N) is 1. The summed E-state index contributed by atoms with van der Waals surface area (Å²) >= 11 is 6.11. The molecule has 19 heavy (non-hydrogen) atoms. The largest absolute Gasteiger partial charge is 0.492 e. The standard InChI is InChI=1S/C13H13ClN2O3/c1-2-5-19-11-4-3-8(6-10(11)14)12-9(13(17)18)7-15-16-12/h3-4,6-7H,2,5H2,1H3,(H,15,16)(H,17,18). The van der Waals surface area contributed by atoms with E-state index in [-0.39, 0.29) is 5.56 Å². The highest BCUT2D eigenvalue weighted by Gasteiger charge is 2.15. The Morgan fingerprint density at radius 2 is 2.32 bits per heavy atom. The number of nitrogens with zero attached hydrogens (tertiary/aromatic N) is 1. The molecule has 0 fully saturated rings. The van der Waals surface area contributed by atoms with Crippen LogP contribution in [0.1, 0.15) is 23.7 Å². The van der Waals surface area contributed by atoms with Gasteiger partial charge in [-0.2, -0.15) is 5.10 Å². The van der Waals surface area contributed by atoms with Crippen molar-refractivity contribution < 1.29 is 14.6 Å². The van der Waals surface area contributed by atoms with Crippen molar-refractivity contribution in [3.05, 3.63) is 35.0 Å². The zero-order valence-corrected chi connectivity index (χ0v) is 11.1. The molecule has 1 heterocycles. The molecule has 0 saturated heterocycles. The first-order chi connectivity index (χ1) is 9.13. The quantitative estimate of drug-likeness (QED) is 0.882. The molecule has 0 aliphatic heterocycles. The highest BCUT2D eigenvalue weighted by molar-refractivity contribution is 6.32. The molecule has 0 aliphatic carbocycles. The van der Waals surface area contributed by atoms with E-state index in [4.69, 9.17) is 21.4 Å². The minimum absolute atomic E-state index is 0.110. The van der Waals surface area contributed by atoms with Gasteiger partial charge in [-0.15, -0.1) is 0 Å². The third-order valence-electron chi connectivity index (χ3n) is 2.55. The second-order valence-corrected chi connectivity index (χ2v) is 4.36. The number of rotatable bonds is 5. The van der Waals surface area contributed by atoms with E-state index in [0.717, 1.165) is 6.42 Å². The summed E-state index contributed by atoms with van der Waals surface area (Å²) < 4.78 is 5.46. The van der Waals surface area contributed by atoms with E-state index in [1.807, 2.05) is 6.92 Å². The summed E-state index contributed by atoms with van der Waals surface area (Å²) in [4.78, 5) is 11.0. The molecule has 2 N–H and O–H groups in total. The highest BCUT2D eigenvalue weighted by atomic mass is 35.5. The van der Waals surface area contributed by atoms with Crippen LogP contribution in [0, 0.1) is 0 Å². The maximum Gasteiger partial charge on any atom is 0.339 e. The SMILES string of the molecule is CCCOc1ccc(-c2[nH]ncc2C(=O)O)cc1Cl. The molecular weight excluding hydrogens is 268 g/mol. The number of H-pyrrole nitrogens is 1. The lowest BCUT2D eigenvalue weighted by Crippen LogP contribution is -1.98. The molecule has 0 amide bonds. The summed E-state index contributed by atoms with van der Waals surface area (Å²) in [6, 6.07) is 5.13. The van der Waals surface area contributed by atoms with Gasteiger partial charge in [0.2, 0.25) is 0 Å². The fourth-order valence-electron chi connectivity index (χ4n) is 1.65. The molecule has 1 aromatic heterocycles. The normalized spacial score (nSPS) is 10.4. The summed E-state index contributed by atoms with van der Waals surface area (Å²) in [5, 5.41) is 15.9. The maximum atomic E-state index is 11.0. The number of benzene rings is 1. The van der Waals surface area contributed by atoms with Gasteiger partial charge in [0.15, 0.2) is 0 Å². The summed E-state index contributed by atoms with van der Waals surface area (Å²) in [6.45, 7) is 2.59. The second-order valence-electron chi connectivity index (χ2n) is 3.96. The van der Waals surface area contributed by atoms with Crippen LogP contribution in [0.25, 0.3) is 11.3 Å². The maximum absolute atomic E-state index is 11.0. The molecule has 0 saturated carbocycles. The second kappa shape index (κ2) is 5.75. The van der Waals surface area contributed by atoms with Gasteiger partial charge in [0.25, 0.3) is 0 Å². The zero-order valence-electron chi connectivity index (χ0n) is 10.3. The number of ether oxygens (including phenoxy) is 1. The average molecular weight is 281 g/mol. The Balaban J connectivity index is 2.33. The van der Waals surface area contributed by atoms with Gasteiger partial charge in [0.1, 0.15) is 11.3 Å². The Hall–Kier alpha value is -2.01. The highest BCUT2D eigenvalue weighted by Crippen LogP contribution is 2.31. The first kappa shape index (κ1) is 13.4. The summed E-state index contributed by atoms with van der Waals surface area (Å²) in [5.74, 6) is -0.449. The number of aromatic carboxylic acids is 1. The van der Waals surface area contributed by atoms with Crippen molar-refractivity contribution in [2.75, 3.05) is 6.61 Å². The Bertz CT molecular complexity index is 595. The molecule has 2 rings (SSSR count). The molecule has 6 heteroatoms. The van der Waals surface area contributed by atoms with Gasteiger partial charge in [-0.25, -0.2) is 4.79 Å². The van der Waals surface area contributed by atoms with Crippen LogP contribution in [0.5, 0.6) is 5.75 Å². The van der Waals surface area contributed by atoms with Crippen molar-refractivity contribution in [2.24, 2.45) is 0 Å². The minimum Gasteiger partial charge on any atom is -0.492 e. The summed E-state index contributed by atoms with van der Waals surface area (Å²) in [7, 11) is 0. The molecule has 100 valence electrons. The Morgan fingerprint density at radius 1 is 1.53 bits per heavy atom. The number of carboxylic acids is 1. The molecule has 0 atom stereocenters. The van der Waals surface area contributed by atoms with Crippen molar-refractivity contribution in [3.63, 3.8) is 0 Å². The summed E-state index contributed by atoms with van der Waals surface area (Å²) in [6.07, 6.45) is 2.16. The van der Waals surface area contributed by atoms with Crippen LogP contribution in [0.3, 0.4) is 0 Å². The lowest BCUT2D eigenvalue weighted by atomic mass is 10.1. The fraction of sp³-hybridized carbons (Fsp3) is 0.231. The van der Waals surface area contributed by atoms with E-state index in [2.05, 4.69) is 10.2 Å². The van der Waals surface area contributed by atoms with Crippen LogP contribution in [-0.2, 0) is 0 Å². The van der Waals surface area contributed by atoms with Gasteiger partial charge in [0.05, 0.1) is 23.5 Å². The van der Waals surface area contributed by atoms with E-state index in [9.17, 15) is 4.79 Å². The van der Waals surface area contributed by atoms with Gasteiger partial charge in [-0.1, -0.05) is 18.5 Å². The third kappa shape index (κ3) is 2.88. The van der Waals surface area contributed by atoms with Crippen molar-refractivity contribution >= 4 is 17.6 Å². The smallest absolute Gasteiger partial charge is 0.339 e. The summed E-state index contributed by atoms with van der Waals surface area (Å²) in [5.41, 5.74) is 1.19. The zero-order chi connectivity index (χ0) is 13.8. The number of halogens is 1. The van der Waals surface area contributed by atoms with Gasteiger partial charge in [-0.3, -0.25) is 5.10 Å². The number of aromatic nitrogens is 2. The number of aromatic amines is 1. The minimum atomic E-state index is -1.04. The predicted octanol–water partition coefficient (Wildman–Crippen LogP) is 3.22. The number of carboxylic acid groups (broad SMARTS) is 1. The molecular formula is C13H13ClN2O3. The van der Waals surface area contributed by atoms with Crippen LogP contribution in [0.2, 0.25) is 5.02 Å². The Kier molecular flexibility index (Phi) is 4.06. The molecule has 2 aromatic rings. The molecule has 0 aliphatic rings. The number of hydrogen-bond acceptors (Lipinski definition) is 3. The molecule has 0 spiro atoms. The van der Waals surface area contributed by atoms with Crippen LogP contribution in [0.15, 0.2) is 24.4 Å². The third-order valence-corrected chi connectivity index (χ3v) is 2.85. The van der Waals surface area contributed by atoms with E-state index in [1.165, 1.54) is 6.20 Å². The van der Waals surface area contributed by atoms with Crippen LogP contribution < -0.4 is 4.74 Å². The average Bonchev–Trinajstić information content (AvgIpc) is 2.86. The molecule has 0 unspecified atom stereocenters. The first-order valence-electron chi connectivity index (χ1n) is 5.83. The van der Waals surface area contributed by atoms with Gasteiger partial charge >= 0.3 is 5.97 Å². The van der Waals surface area contributed by atoms with E-state index < -0.39 is 5.97 Å². The van der Waals surface area contributed by atoms with Gasteiger partial charge < -0.3 is 9.84 Å². The van der Waals surface area contributed by atoms with Gasteiger partial charge in [-0.05, 0) is 24.6 Å². The van der Waals surface area contributed by atoms with Crippen molar-refractivity contribution in [3.8, 4) is 17.0 Å². The van der Waals surface area contributed by atoms with E-state index in [0.29, 0.717) is 28.6 Å². The van der Waals surface area contributed by atoms with E-state index >= 15 is 0 Å². The van der Waals surface area contributed by atoms with Gasteiger partial charge in [0, 0.05) is 5.56 Å². The van der Waals surface area contributed by atoms with Crippen molar-refractivity contribution in [1.82, 2.24) is 10.2 Å². The Labute approximate surface area is 115 Å². The number of carbonyl (C=O) groups is 1. The van der Waals surface area contributed by atoms with Crippen LogP contribution in [0.4, 0.5) is 0 Å². The van der Waals surface area contributed by atoms with Crippen LogP contribution in [-0.4, -0.2) is 27.9 Å². The van der Waals surface area contributed by atoms with E-state index in [1.54, 1.807) is 18.2 Å². The lowest BCUT2D eigenvalue weighted by Gasteiger charge is -2.08. The topological polar surface area (TPSA) is 75.2 Å². The van der Waals surface area contributed by atoms with Crippen molar-refractivity contribution in [1.29, 1.82) is 0 Å². The molecule has 1 aromatic carbocycles. The van der Waals surface area contributed by atoms with Crippen molar-refractivity contribution in [2.45, 2.75) is 13.3 Å². The monoisotopic (exact) mass is 280 g/mol. The number of hydrogen-bond donors (Lipinski definition) is 2. The fourth-order valence-corrected chi connectivity index (χ4v) is 1.89. The molecule has 0 bridgehead atoms. The first-order valence-corrected chi connectivity index (χ1v) is 6.20. The van der Waals surface area contributed by atoms with Crippen LogP contribution >= 0.6 is 11.6 Å². The predicted molar refractivity (Wildman–Crippen MR) is 71.8 cm³/mol. The lowest BCUT2D eigenvalue weighted by molar-refractivity contribution is 0.0698. The Morgan fingerprint density at radius 3 is 2.95 bits per heavy atom. The molecule has 5 nitrogen and oxygen atoms in total. The molecule has 0 radical (unpaired) electrons.